The molecular weight excluding hydrogens is 236 g/mol. The molecule has 2 aliphatic rings. The Bertz CT molecular complexity index is 469. The van der Waals surface area contributed by atoms with Gasteiger partial charge in [0.2, 0.25) is 5.91 Å². The number of rotatable bonds is 1. The van der Waals surface area contributed by atoms with E-state index in [1.165, 1.54) is 0 Å². The maximum atomic E-state index is 12.2. The van der Waals surface area contributed by atoms with Crippen LogP contribution in [0, 0.1) is 0 Å². The van der Waals surface area contributed by atoms with Gasteiger partial charge in [0.05, 0.1) is 12.1 Å². The molecule has 5 heteroatoms. The minimum atomic E-state index is -0.274. The molecule has 90 valence electrons. The number of thiophene rings is 1. The Morgan fingerprint density at radius 2 is 2.24 bits per heavy atom. The standard InChI is InChI=1S/C12H14N2O2S/c15-11-9(3-1-2-5-13-11)14-7-10-8(12(14)16)4-6-17-10/h4,6,9H,1-3,5,7H2,(H,13,15)/t9-/m1/s1. The van der Waals surface area contributed by atoms with Gasteiger partial charge in [-0.05, 0) is 30.7 Å². The second-order valence-electron chi connectivity index (χ2n) is 4.49. The van der Waals surface area contributed by atoms with Gasteiger partial charge in [-0.2, -0.15) is 0 Å². The average Bonchev–Trinajstić information content (AvgIpc) is 2.81. The van der Waals surface area contributed by atoms with Crippen molar-refractivity contribution in [3.8, 4) is 0 Å². The Balaban J connectivity index is 1.84. The van der Waals surface area contributed by atoms with Gasteiger partial charge in [-0.25, -0.2) is 0 Å². The van der Waals surface area contributed by atoms with Crippen molar-refractivity contribution in [1.29, 1.82) is 0 Å². The van der Waals surface area contributed by atoms with Crippen LogP contribution in [0.15, 0.2) is 11.4 Å². The number of carbonyl (C=O) groups is 2. The first-order chi connectivity index (χ1) is 8.27. The van der Waals surface area contributed by atoms with Crippen molar-refractivity contribution in [2.24, 2.45) is 0 Å². The number of amides is 2. The first-order valence-corrected chi connectivity index (χ1v) is 6.80. The zero-order valence-electron chi connectivity index (χ0n) is 9.44. The van der Waals surface area contributed by atoms with E-state index in [1.54, 1.807) is 16.2 Å². The lowest BCUT2D eigenvalue weighted by Crippen LogP contribution is -2.45. The fourth-order valence-corrected chi connectivity index (χ4v) is 3.37. The van der Waals surface area contributed by atoms with Crippen molar-refractivity contribution in [3.05, 3.63) is 21.9 Å². The first kappa shape index (κ1) is 10.8. The highest BCUT2D eigenvalue weighted by atomic mass is 32.1. The largest absolute Gasteiger partial charge is 0.354 e. The molecule has 1 N–H and O–H groups in total. The Hall–Kier alpha value is -1.36. The van der Waals surface area contributed by atoms with E-state index in [4.69, 9.17) is 0 Å². The zero-order valence-corrected chi connectivity index (χ0v) is 10.3. The van der Waals surface area contributed by atoms with E-state index in [0.717, 1.165) is 36.2 Å². The van der Waals surface area contributed by atoms with Gasteiger partial charge < -0.3 is 10.2 Å². The van der Waals surface area contributed by atoms with E-state index >= 15 is 0 Å². The van der Waals surface area contributed by atoms with Crippen LogP contribution in [0.5, 0.6) is 0 Å². The van der Waals surface area contributed by atoms with Gasteiger partial charge in [-0.3, -0.25) is 9.59 Å². The van der Waals surface area contributed by atoms with Crippen LogP contribution >= 0.6 is 11.3 Å². The molecule has 4 nitrogen and oxygen atoms in total. The van der Waals surface area contributed by atoms with Gasteiger partial charge in [0.15, 0.2) is 0 Å². The molecule has 2 amide bonds. The van der Waals surface area contributed by atoms with E-state index in [-0.39, 0.29) is 17.9 Å². The van der Waals surface area contributed by atoms with Crippen molar-refractivity contribution in [2.75, 3.05) is 6.54 Å². The van der Waals surface area contributed by atoms with Crippen LogP contribution in [0.25, 0.3) is 0 Å². The third-order valence-corrected chi connectivity index (χ3v) is 4.34. The molecule has 0 saturated carbocycles. The van der Waals surface area contributed by atoms with E-state index in [9.17, 15) is 9.59 Å². The summed E-state index contributed by atoms with van der Waals surface area (Å²) in [4.78, 5) is 26.9. The second-order valence-corrected chi connectivity index (χ2v) is 5.49. The molecule has 1 aromatic rings. The van der Waals surface area contributed by atoms with Crippen LogP contribution in [0.4, 0.5) is 0 Å². The minimum Gasteiger partial charge on any atom is -0.354 e. The SMILES string of the molecule is O=C1NCCCC[C@H]1N1Cc2sccc2C1=O. The van der Waals surface area contributed by atoms with Crippen LogP contribution < -0.4 is 5.32 Å². The molecular formula is C12H14N2O2S. The summed E-state index contributed by atoms with van der Waals surface area (Å²) in [5.41, 5.74) is 0.784. The van der Waals surface area contributed by atoms with Crippen LogP contribution in [0.1, 0.15) is 34.5 Å². The monoisotopic (exact) mass is 250 g/mol. The fraction of sp³-hybridized carbons (Fsp3) is 0.500. The van der Waals surface area contributed by atoms with E-state index in [1.807, 2.05) is 11.4 Å². The molecule has 0 aliphatic carbocycles. The summed E-state index contributed by atoms with van der Waals surface area (Å²) in [5.74, 6) is 0.0225. The molecule has 1 aromatic heterocycles. The second kappa shape index (κ2) is 4.14. The van der Waals surface area contributed by atoms with Crippen LogP contribution in [-0.2, 0) is 11.3 Å². The molecule has 0 bridgehead atoms. The molecule has 0 aromatic carbocycles. The minimum absolute atomic E-state index is 0.00556. The molecule has 2 aliphatic heterocycles. The van der Waals surface area contributed by atoms with E-state index in [2.05, 4.69) is 5.32 Å². The lowest BCUT2D eigenvalue weighted by atomic mass is 10.1. The van der Waals surface area contributed by atoms with Gasteiger partial charge in [-0.15, -0.1) is 11.3 Å². The number of hydrogen-bond donors (Lipinski definition) is 1. The third kappa shape index (κ3) is 1.74. The van der Waals surface area contributed by atoms with Crippen LogP contribution in [0.2, 0.25) is 0 Å². The summed E-state index contributed by atoms with van der Waals surface area (Å²) < 4.78 is 0. The molecule has 17 heavy (non-hydrogen) atoms. The number of fused-ring (bicyclic) bond motifs is 1. The Labute approximate surface area is 104 Å². The average molecular weight is 250 g/mol. The first-order valence-electron chi connectivity index (χ1n) is 5.92. The normalized spacial score (nSPS) is 24.5. The molecule has 1 saturated heterocycles. The topological polar surface area (TPSA) is 49.4 Å². The van der Waals surface area contributed by atoms with Crippen molar-refractivity contribution >= 4 is 23.2 Å². The summed E-state index contributed by atoms with van der Waals surface area (Å²) in [6, 6.07) is 1.58. The van der Waals surface area contributed by atoms with Crippen molar-refractivity contribution in [3.63, 3.8) is 0 Å². The Morgan fingerprint density at radius 3 is 3.06 bits per heavy atom. The fourth-order valence-electron chi connectivity index (χ4n) is 2.51. The van der Waals surface area contributed by atoms with Crippen LogP contribution in [-0.4, -0.2) is 29.3 Å². The van der Waals surface area contributed by atoms with Gasteiger partial charge in [0, 0.05) is 11.4 Å². The molecule has 1 fully saturated rings. The Kier molecular flexibility index (Phi) is 2.63. The highest BCUT2D eigenvalue weighted by Crippen LogP contribution is 2.30. The van der Waals surface area contributed by atoms with Gasteiger partial charge in [0.25, 0.3) is 5.91 Å². The number of carbonyl (C=O) groups excluding carboxylic acids is 2. The highest BCUT2D eigenvalue weighted by molar-refractivity contribution is 7.10. The molecule has 3 rings (SSSR count). The quantitative estimate of drug-likeness (QED) is 0.818. The lowest BCUT2D eigenvalue weighted by molar-refractivity contribution is -0.125. The molecule has 0 spiro atoms. The van der Waals surface area contributed by atoms with Crippen molar-refractivity contribution < 1.29 is 9.59 Å². The van der Waals surface area contributed by atoms with Gasteiger partial charge in [0.1, 0.15) is 6.04 Å². The van der Waals surface area contributed by atoms with E-state index in [0.29, 0.717) is 6.54 Å². The summed E-state index contributed by atoms with van der Waals surface area (Å²) in [7, 11) is 0. The summed E-state index contributed by atoms with van der Waals surface area (Å²) >= 11 is 1.60. The smallest absolute Gasteiger partial charge is 0.256 e. The highest BCUT2D eigenvalue weighted by Gasteiger charge is 2.37. The van der Waals surface area contributed by atoms with E-state index < -0.39 is 0 Å². The summed E-state index contributed by atoms with van der Waals surface area (Å²) in [5, 5.41) is 4.82. The van der Waals surface area contributed by atoms with Crippen molar-refractivity contribution in [2.45, 2.75) is 31.8 Å². The lowest BCUT2D eigenvalue weighted by Gasteiger charge is -2.25. The Morgan fingerprint density at radius 1 is 1.35 bits per heavy atom. The number of nitrogens with one attached hydrogen (secondary N) is 1. The third-order valence-electron chi connectivity index (χ3n) is 3.43. The number of hydrogen-bond acceptors (Lipinski definition) is 3. The van der Waals surface area contributed by atoms with Gasteiger partial charge >= 0.3 is 0 Å². The number of nitrogens with zero attached hydrogens (tertiary/aromatic N) is 1. The summed E-state index contributed by atoms with van der Waals surface area (Å²) in [6.07, 6.45) is 2.79. The predicted octanol–water partition coefficient (Wildman–Crippen LogP) is 1.37. The molecule has 1 atom stereocenters. The predicted molar refractivity (Wildman–Crippen MR) is 64.8 cm³/mol. The maximum absolute atomic E-state index is 12.2. The maximum Gasteiger partial charge on any atom is 0.256 e. The van der Waals surface area contributed by atoms with Gasteiger partial charge in [-0.1, -0.05) is 0 Å². The zero-order chi connectivity index (χ0) is 11.8. The van der Waals surface area contributed by atoms with Crippen LogP contribution in [0.3, 0.4) is 0 Å². The summed E-state index contributed by atoms with van der Waals surface area (Å²) in [6.45, 7) is 1.34. The molecule has 0 radical (unpaired) electrons. The molecule has 3 heterocycles. The molecule has 0 unspecified atom stereocenters. The van der Waals surface area contributed by atoms with Crippen molar-refractivity contribution in [1.82, 2.24) is 10.2 Å².